The molecule has 0 spiro atoms. The SMILES string of the molecule is C/C(Cc1ccc2c(c1)OCO2)=N/N=c1\sc2ccccc2n1C. The molecule has 0 N–H and O–H groups in total. The van der Waals surface area contributed by atoms with Crippen molar-refractivity contribution in [2.75, 3.05) is 6.79 Å². The Kier molecular flexibility index (Phi) is 3.82. The number of hydrogen-bond donors (Lipinski definition) is 0. The molecule has 0 saturated heterocycles. The Hall–Kier alpha value is -2.60. The molecule has 0 fully saturated rings. The topological polar surface area (TPSA) is 48.1 Å². The van der Waals surface area contributed by atoms with Crippen LogP contribution in [0.2, 0.25) is 0 Å². The molecule has 24 heavy (non-hydrogen) atoms. The first-order valence-corrected chi connectivity index (χ1v) is 8.52. The summed E-state index contributed by atoms with van der Waals surface area (Å²) >= 11 is 1.64. The monoisotopic (exact) mass is 339 g/mol. The van der Waals surface area contributed by atoms with Crippen LogP contribution in [0.1, 0.15) is 12.5 Å². The van der Waals surface area contributed by atoms with Crippen LogP contribution >= 0.6 is 11.3 Å². The second kappa shape index (κ2) is 6.13. The summed E-state index contributed by atoms with van der Waals surface area (Å²) < 4.78 is 14.0. The Morgan fingerprint density at radius 3 is 2.88 bits per heavy atom. The quantitative estimate of drug-likeness (QED) is 0.542. The Morgan fingerprint density at radius 1 is 1.17 bits per heavy atom. The second-order valence-electron chi connectivity index (χ2n) is 5.71. The molecule has 2 heterocycles. The molecule has 1 aromatic heterocycles. The van der Waals surface area contributed by atoms with E-state index in [2.05, 4.69) is 26.9 Å². The van der Waals surface area contributed by atoms with Gasteiger partial charge in [0.25, 0.3) is 0 Å². The zero-order valence-electron chi connectivity index (χ0n) is 13.5. The molecule has 0 bridgehead atoms. The van der Waals surface area contributed by atoms with Crippen molar-refractivity contribution in [1.29, 1.82) is 0 Å². The number of rotatable bonds is 3. The number of thiazole rings is 1. The number of benzene rings is 2. The first-order chi connectivity index (χ1) is 11.7. The van der Waals surface area contributed by atoms with E-state index in [1.54, 1.807) is 11.3 Å². The Labute approximate surface area is 143 Å². The number of ether oxygens (including phenoxy) is 2. The van der Waals surface area contributed by atoms with Crippen molar-refractivity contribution in [2.45, 2.75) is 13.3 Å². The van der Waals surface area contributed by atoms with E-state index >= 15 is 0 Å². The number of aromatic nitrogens is 1. The van der Waals surface area contributed by atoms with Gasteiger partial charge in [-0.3, -0.25) is 0 Å². The molecular formula is C18H17N3O2S. The predicted molar refractivity (Wildman–Crippen MR) is 95.7 cm³/mol. The fourth-order valence-electron chi connectivity index (χ4n) is 2.69. The van der Waals surface area contributed by atoms with Gasteiger partial charge in [-0.25, -0.2) is 0 Å². The lowest BCUT2D eigenvalue weighted by Gasteiger charge is -2.01. The average molecular weight is 339 g/mol. The van der Waals surface area contributed by atoms with Gasteiger partial charge in [0.1, 0.15) is 0 Å². The number of aryl methyl sites for hydroxylation is 1. The molecule has 0 saturated carbocycles. The van der Waals surface area contributed by atoms with E-state index in [0.717, 1.165) is 34.0 Å². The van der Waals surface area contributed by atoms with E-state index in [9.17, 15) is 0 Å². The molecule has 0 amide bonds. The van der Waals surface area contributed by atoms with Crippen LogP contribution in [-0.2, 0) is 13.5 Å². The van der Waals surface area contributed by atoms with Crippen molar-refractivity contribution in [3.05, 3.63) is 52.8 Å². The summed E-state index contributed by atoms with van der Waals surface area (Å²) in [5, 5.41) is 8.82. The van der Waals surface area contributed by atoms with Gasteiger partial charge in [-0.2, -0.15) is 5.10 Å². The summed E-state index contributed by atoms with van der Waals surface area (Å²) in [5.41, 5.74) is 3.26. The van der Waals surface area contributed by atoms with Crippen molar-refractivity contribution in [3.8, 4) is 11.5 Å². The molecule has 0 radical (unpaired) electrons. The van der Waals surface area contributed by atoms with Gasteiger partial charge < -0.3 is 14.0 Å². The first kappa shape index (κ1) is 15.0. The molecule has 122 valence electrons. The summed E-state index contributed by atoms with van der Waals surface area (Å²) in [4.78, 5) is 0.890. The van der Waals surface area contributed by atoms with Crippen LogP contribution in [0.25, 0.3) is 10.2 Å². The van der Waals surface area contributed by atoms with Crippen molar-refractivity contribution >= 4 is 27.3 Å². The lowest BCUT2D eigenvalue weighted by molar-refractivity contribution is 0.174. The molecule has 5 nitrogen and oxygen atoms in total. The van der Waals surface area contributed by atoms with Gasteiger partial charge >= 0.3 is 0 Å². The van der Waals surface area contributed by atoms with Crippen molar-refractivity contribution < 1.29 is 9.47 Å². The maximum Gasteiger partial charge on any atom is 0.231 e. The Bertz CT molecular complexity index is 1000. The number of nitrogens with zero attached hydrogens (tertiary/aromatic N) is 3. The summed E-state index contributed by atoms with van der Waals surface area (Å²) in [7, 11) is 2.01. The van der Waals surface area contributed by atoms with Gasteiger partial charge in [0.2, 0.25) is 11.6 Å². The van der Waals surface area contributed by atoms with E-state index < -0.39 is 0 Å². The summed E-state index contributed by atoms with van der Waals surface area (Å²) in [6.45, 7) is 2.28. The van der Waals surface area contributed by atoms with E-state index in [0.29, 0.717) is 6.79 Å². The maximum absolute atomic E-state index is 5.41. The van der Waals surface area contributed by atoms with E-state index in [1.165, 1.54) is 10.2 Å². The van der Waals surface area contributed by atoms with Crippen LogP contribution in [0.3, 0.4) is 0 Å². The number of hydrogen-bond acceptors (Lipinski definition) is 5. The summed E-state index contributed by atoms with van der Waals surface area (Å²) in [6, 6.07) is 14.2. The fraction of sp³-hybridized carbons (Fsp3) is 0.222. The molecule has 0 unspecified atom stereocenters. The number of para-hydroxylation sites is 1. The van der Waals surface area contributed by atoms with Crippen LogP contribution in [0.15, 0.2) is 52.7 Å². The third-order valence-electron chi connectivity index (χ3n) is 3.92. The second-order valence-corrected chi connectivity index (χ2v) is 6.72. The standard InChI is InChI=1S/C18H17N3O2S/c1-12(9-13-7-8-15-16(10-13)23-11-22-15)19-20-18-21(2)14-5-3-4-6-17(14)24-18/h3-8,10H,9,11H2,1-2H3/b19-12-,20-18-. The molecule has 6 heteroatoms. The lowest BCUT2D eigenvalue weighted by atomic mass is 10.1. The molecule has 3 aromatic rings. The minimum Gasteiger partial charge on any atom is -0.454 e. The maximum atomic E-state index is 5.41. The molecular weight excluding hydrogens is 322 g/mol. The zero-order valence-corrected chi connectivity index (χ0v) is 14.3. The van der Waals surface area contributed by atoms with E-state index in [4.69, 9.17) is 9.47 Å². The van der Waals surface area contributed by atoms with Crippen LogP contribution < -0.4 is 14.3 Å². The van der Waals surface area contributed by atoms with E-state index in [1.807, 2.05) is 44.3 Å². The highest BCUT2D eigenvalue weighted by atomic mass is 32.1. The first-order valence-electron chi connectivity index (χ1n) is 7.71. The minimum absolute atomic E-state index is 0.295. The van der Waals surface area contributed by atoms with Crippen LogP contribution in [0, 0.1) is 0 Å². The van der Waals surface area contributed by atoms with Crippen molar-refractivity contribution in [2.24, 2.45) is 17.3 Å². The molecule has 1 aliphatic rings. The molecule has 4 rings (SSSR count). The van der Waals surface area contributed by atoms with Crippen LogP contribution in [-0.4, -0.2) is 17.1 Å². The van der Waals surface area contributed by atoms with Crippen LogP contribution in [0.5, 0.6) is 11.5 Å². The van der Waals surface area contributed by atoms with Gasteiger partial charge in [0.15, 0.2) is 11.5 Å². The Balaban J connectivity index is 1.59. The molecule has 2 aromatic carbocycles. The molecule has 1 aliphatic heterocycles. The highest BCUT2D eigenvalue weighted by Gasteiger charge is 2.13. The predicted octanol–water partition coefficient (Wildman–Crippen LogP) is 3.49. The Morgan fingerprint density at radius 2 is 2.00 bits per heavy atom. The van der Waals surface area contributed by atoms with Gasteiger partial charge in [-0.05, 0) is 36.8 Å². The third-order valence-corrected chi connectivity index (χ3v) is 5.02. The normalized spacial score (nSPS) is 14.6. The van der Waals surface area contributed by atoms with Gasteiger partial charge in [-0.1, -0.05) is 29.5 Å². The smallest absolute Gasteiger partial charge is 0.231 e. The third kappa shape index (κ3) is 2.80. The van der Waals surface area contributed by atoms with Crippen LogP contribution in [0.4, 0.5) is 0 Å². The summed E-state index contributed by atoms with van der Waals surface area (Å²) in [5.74, 6) is 1.60. The average Bonchev–Trinajstić information content (AvgIpc) is 3.17. The van der Waals surface area contributed by atoms with Gasteiger partial charge in [-0.15, -0.1) is 5.10 Å². The van der Waals surface area contributed by atoms with Gasteiger partial charge in [0.05, 0.1) is 10.2 Å². The highest BCUT2D eigenvalue weighted by Crippen LogP contribution is 2.32. The van der Waals surface area contributed by atoms with E-state index in [-0.39, 0.29) is 0 Å². The summed E-state index contributed by atoms with van der Waals surface area (Å²) in [6.07, 6.45) is 0.731. The minimum atomic E-state index is 0.295. The number of fused-ring (bicyclic) bond motifs is 2. The van der Waals surface area contributed by atoms with Crippen molar-refractivity contribution in [3.63, 3.8) is 0 Å². The lowest BCUT2D eigenvalue weighted by Crippen LogP contribution is -2.09. The van der Waals surface area contributed by atoms with Crippen molar-refractivity contribution in [1.82, 2.24) is 4.57 Å². The zero-order chi connectivity index (χ0) is 16.5. The van der Waals surface area contributed by atoms with Gasteiger partial charge in [0, 0.05) is 19.2 Å². The fourth-order valence-corrected chi connectivity index (χ4v) is 3.66. The largest absolute Gasteiger partial charge is 0.454 e. The molecule has 0 atom stereocenters. The molecule has 0 aliphatic carbocycles. The highest BCUT2D eigenvalue weighted by molar-refractivity contribution is 7.16.